The predicted molar refractivity (Wildman–Crippen MR) is 81.6 cm³/mol. The minimum Gasteiger partial charge on any atom is -0.492 e. The Hall–Kier alpha value is -0.810. The van der Waals surface area contributed by atoms with Crippen molar-refractivity contribution in [2.45, 2.75) is 13.5 Å². The average molecular weight is 299 g/mol. The first kappa shape index (κ1) is 15.6. The van der Waals surface area contributed by atoms with Gasteiger partial charge in [-0.05, 0) is 24.6 Å². The van der Waals surface area contributed by atoms with E-state index in [-0.39, 0.29) is 0 Å². The molecule has 0 atom stereocenters. The van der Waals surface area contributed by atoms with Crippen LogP contribution in [0, 0.1) is 0 Å². The van der Waals surface area contributed by atoms with Crippen molar-refractivity contribution in [3.63, 3.8) is 0 Å². The molecule has 0 amide bonds. The van der Waals surface area contributed by atoms with E-state index < -0.39 is 0 Å². The molecule has 1 aromatic rings. The summed E-state index contributed by atoms with van der Waals surface area (Å²) in [6.07, 6.45) is 0. The summed E-state index contributed by atoms with van der Waals surface area (Å²) in [6.45, 7) is 9.25. The topological polar surface area (TPSA) is 33.7 Å². The SMILES string of the molecule is CCOc1ccc(CNCCN2CCOCC2)cc1Cl. The van der Waals surface area contributed by atoms with Gasteiger partial charge in [0.05, 0.1) is 24.8 Å². The standard InChI is InChI=1S/C15H23ClN2O2/c1-2-20-15-4-3-13(11-14(15)16)12-17-5-6-18-7-9-19-10-8-18/h3-4,11,17H,2,5-10,12H2,1H3. The first-order valence-corrected chi connectivity index (χ1v) is 7.59. The van der Waals surface area contributed by atoms with Gasteiger partial charge in [-0.2, -0.15) is 0 Å². The van der Waals surface area contributed by atoms with Crippen molar-refractivity contribution in [3.05, 3.63) is 28.8 Å². The van der Waals surface area contributed by atoms with E-state index in [2.05, 4.69) is 16.3 Å². The molecule has 1 fully saturated rings. The van der Waals surface area contributed by atoms with E-state index in [4.69, 9.17) is 21.1 Å². The molecular formula is C15H23ClN2O2. The number of nitrogens with zero attached hydrogens (tertiary/aromatic N) is 1. The van der Waals surface area contributed by atoms with E-state index in [1.165, 1.54) is 5.56 Å². The Morgan fingerprint density at radius 2 is 2.15 bits per heavy atom. The van der Waals surface area contributed by atoms with E-state index in [1.54, 1.807) is 0 Å². The molecule has 0 aromatic heterocycles. The van der Waals surface area contributed by atoms with Crippen molar-refractivity contribution in [2.24, 2.45) is 0 Å². The number of ether oxygens (including phenoxy) is 2. The van der Waals surface area contributed by atoms with Crippen LogP contribution in [-0.4, -0.2) is 50.9 Å². The molecule has 20 heavy (non-hydrogen) atoms. The highest BCUT2D eigenvalue weighted by molar-refractivity contribution is 6.32. The maximum absolute atomic E-state index is 6.17. The Bertz CT molecular complexity index is 409. The molecule has 0 unspecified atom stereocenters. The van der Waals surface area contributed by atoms with E-state index in [1.807, 2.05) is 19.1 Å². The summed E-state index contributed by atoms with van der Waals surface area (Å²) >= 11 is 6.17. The Labute approximate surface area is 126 Å². The van der Waals surface area contributed by atoms with Gasteiger partial charge in [-0.3, -0.25) is 4.90 Å². The fourth-order valence-electron chi connectivity index (χ4n) is 2.22. The number of hydrogen-bond acceptors (Lipinski definition) is 4. The summed E-state index contributed by atoms with van der Waals surface area (Å²) in [4.78, 5) is 2.42. The van der Waals surface area contributed by atoms with Gasteiger partial charge < -0.3 is 14.8 Å². The third-order valence-corrected chi connectivity index (χ3v) is 3.63. The predicted octanol–water partition coefficient (Wildman–Crippen LogP) is 2.16. The van der Waals surface area contributed by atoms with Gasteiger partial charge in [-0.15, -0.1) is 0 Å². The normalized spacial score (nSPS) is 16.3. The fourth-order valence-corrected chi connectivity index (χ4v) is 2.48. The Morgan fingerprint density at radius 1 is 1.35 bits per heavy atom. The number of halogens is 1. The van der Waals surface area contributed by atoms with Crippen molar-refractivity contribution < 1.29 is 9.47 Å². The molecule has 0 spiro atoms. The number of morpholine rings is 1. The zero-order valence-corrected chi connectivity index (χ0v) is 12.8. The van der Waals surface area contributed by atoms with Gasteiger partial charge in [0.2, 0.25) is 0 Å². The molecule has 2 rings (SSSR count). The van der Waals surface area contributed by atoms with Crippen LogP contribution in [0.5, 0.6) is 5.75 Å². The van der Waals surface area contributed by atoms with Crippen LogP contribution in [0.15, 0.2) is 18.2 Å². The summed E-state index contributed by atoms with van der Waals surface area (Å²) in [5, 5.41) is 4.13. The number of benzene rings is 1. The van der Waals surface area contributed by atoms with Gasteiger partial charge in [0.15, 0.2) is 0 Å². The zero-order valence-electron chi connectivity index (χ0n) is 12.0. The largest absolute Gasteiger partial charge is 0.492 e. The Kier molecular flexibility index (Phi) is 6.60. The molecule has 1 N–H and O–H groups in total. The minimum absolute atomic E-state index is 0.636. The van der Waals surface area contributed by atoms with E-state index in [0.717, 1.165) is 51.7 Å². The van der Waals surface area contributed by atoms with Crippen LogP contribution in [0.3, 0.4) is 0 Å². The third kappa shape index (κ3) is 4.94. The van der Waals surface area contributed by atoms with Crippen LogP contribution in [0.4, 0.5) is 0 Å². The van der Waals surface area contributed by atoms with Crippen LogP contribution >= 0.6 is 11.6 Å². The second kappa shape index (κ2) is 8.47. The van der Waals surface area contributed by atoms with Crippen LogP contribution in [-0.2, 0) is 11.3 Å². The molecule has 0 aliphatic carbocycles. The maximum atomic E-state index is 6.17. The van der Waals surface area contributed by atoms with Gasteiger partial charge in [-0.25, -0.2) is 0 Å². The lowest BCUT2D eigenvalue weighted by Crippen LogP contribution is -2.40. The molecule has 0 radical (unpaired) electrons. The highest BCUT2D eigenvalue weighted by Gasteiger charge is 2.09. The number of nitrogens with one attached hydrogen (secondary N) is 1. The molecule has 0 bridgehead atoms. The van der Waals surface area contributed by atoms with E-state index in [9.17, 15) is 0 Å². The van der Waals surface area contributed by atoms with Gasteiger partial charge in [0, 0.05) is 32.7 Å². The second-order valence-electron chi connectivity index (χ2n) is 4.83. The first-order valence-electron chi connectivity index (χ1n) is 7.21. The first-order chi connectivity index (χ1) is 9.79. The molecule has 112 valence electrons. The highest BCUT2D eigenvalue weighted by Crippen LogP contribution is 2.25. The molecule has 1 aromatic carbocycles. The zero-order chi connectivity index (χ0) is 14.2. The van der Waals surface area contributed by atoms with Crippen molar-refractivity contribution in [2.75, 3.05) is 46.0 Å². The molecular weight excluding hydrogens is 276 g/mol. The lowest BCUT2D eigenvalue weighted by molar-refractivity contribution is 0.0384. The highest BCUT2D eigenvalue weighted by atomic mass is 35.5. The van der Waals surface area contributed by atoms with Gasteiger partial charge in [0.25, 0.3) is 0 Å². The van der Waals surface area contributed by atoms with Crippen molar-refractivity contribution in [1.82, 2.24) is 10.2 Å². The van der Waals surface area contributed by atoms with Crippen molar-refractivity contribution >= 4 is 11.6 Å². The van der Waals surface area contributed by atoms with E-state index in [0.29, 0.717) is 11.6 Å². The summed E-state index contributed by atoms with van der Waals surface area (Å²) in [5.74, 6) is 0.756. The van der Waals surface area contributed by atoms with Crippen LogP contribution in [0.2, 0.25) is 5.02 Å². The molecule has 1 aliphatic heterocycles. The van der Waals surface area contributed by atoms with Crippen LogP contribution in [0.25, 0.3) is 0 Å². The van der Waals surface area contributed by atoms with Gasteiger partial charge >= 0.3 is 0 Å². The summed E-state index contributed by atoms with van der Waals surface area (Å²) in [7, 11) is 0. The lowest BCUT2D eigenvalue weighted by atomic mass is 10.2. The van der Waals surface area contributed by atoms with Crippen molar-refractivity contribution in [3.8, 4) is 5.75 Å². The molecule has 1 saturated heterocycles. The lowest BCUT2D eigenvalue weighted by Gasteiger charge is -2.26. The smallest absolute Gasteiger partial charge is 0.137 e. The monoisotopic (exact) mass is 298 g/mol. The average Bonchev–Trinajstić information content (AvgIpc) is 2.48. The molecule has 5 heteroatoms. The van der Waals surface area contributed by atoms with Crippen LogP contribution in [0.1, 0.15) is 12.5 Å². The van der Waals surface area contributed by atoms with E-state index >= 15 is 0 Å². The molecule has 1 aliphatic rings. The van der Waals surface area contributed by atoms with Gasteiger partial charge in [-0.1, -0.05) is 17.7 Å². The van der Waals surface area contributed by atoms with Crippen molar-refractivity contribution in [1.29, 1.82) is 0 Å². The minimum atomic E-state index is 0.636. The summed E-state index contributed by atoms with van der Waals surface area (Å²) in [6, 6.07) is 5.96. The quantitative estimate of drug-likeness (QED) is 0.782. The number of rotatable bonds is 7. The maximum Gasteiger partial charge on any atom is 0.137 e. The van der Waals surface area contributed by atoms with Gasteiger partial charge in [0.1, 0.15) is 5.75 Å². The summed E-state index contributed by atoms with van der Waals surface area (Å²) < 4.78 is 10.8. The molecule has 4 nitrogen and oxygen atoms in total. The number of hydrogen-bond donors (Lipinski definition) is 1. The second-order valence-corrected chi connectivity index (χ2v) is 5.24. The third-order valence-electron chi connectivity index (χ3n) is 3.33. The Balaban J connectivity index is 1.69. The Morgan fingerprint density at radius 3 is 2.85 bits per heavy atom. The fraction of sp³-hybridized carbons (Fsp3) is 0.600. The van der Waals surface area contributed by atoms with Crippen LogP contribution < -0.4 is 10.1 Å². The molecule has 1 heterocycles. The molecule has 0 saturated carbocycles. The summed E-state index contributed by atoms with van der Waals surface area (Å²) in [5.41, 5.74) is 1.18.